The van der Waals surface area contributed by atoms with Crippen molar-refractivity contribution in [1.29, 1.82) is 0 Å². The summed E-state index contributed by atoms with van der Waals surface area (Å²) in [4.78, 5) is 11.4. The molecule has 0 spiro atoms. The second kappa shape index (κ2) is 6.89. The van der Waals surface area contributed by atoms with E-state index in [9.17, 15) is 4.79 Å². The highest BCUT2D eigenvalue weighted by molar-refractivity contribution is 5.91. The van der Waals surface area contributed by atoms with Crippen LogP contribution in [0.2, 0.25) is 0 Å². The summed E-state index contributed by atoms with van der Waals surface area (Å²) in [6.07, 6.45) is 2.05. The molecule has 0 radical (unpaired) electrons. The number of ether oxygens (including phenoxy) is 1. The SMILES string of the molecule is CCCc1cccc(NC(=O)NC)c1OC(C)C. The fraction of sp³-hybridized carbons (Fsp3) is 0.500. The maximum atomic E-state index is 11.4. The van der Waals surface area contributed by atoms with Crippen molar-refractivity contribution in [2.75, 3.05) is 12.4 Å². The van der Waals surface area contributed by atoms with Gasteiger partial charge in [0.15, 0.2) is 0 Å². The molecule has 4 heteroatoms. The second-order valence-electron chi connectivity index (χ2n) is 4.41. The number of urea groups is 1. The van der Waals surface area contributed by atoms with Gasteiger partial charge in [0.1, 0.15) is 5.75 Å². The summed E-state index contributed by atoms with van der Waals surface area (Å²) in [5.74, 6) is 0.776. The molecule has 100 valence electrons. The Hall–Kier alpha value is -1.71. The molecule has 0 aromatic heterocycles. The summed E-state index contributed by atoms with van der Waals surface area (Å²) in [7, 11) is 1.59. The van der Waals surface area contributed by atoms with E-state index >= 15 is 0 Å². The summed E-state index contributed by atoms with van der Waals surface area (Å²) in [6.45, 7) is 6.08. The van der Waals surface area contributed by atoms with Gasteiger partial charge in [0.05, 0.1) is 11.8 Å². The minimum atomic E-state index is -0.239. The van der Waals surface area contributed by atoms with Crippen molar-refractivity contribution in [2.24, 2.45) is 0 Å². The van der Waals surface area contributed by atoms with Crippen LogP contribution in [0.1, 0.15) is 32.8 Å². The average molecular weight is 250 g/mol. The van der Waals surface area contributed by atoms with Gasteiger partial charge in [-0.2, -0.15) is 0 Å². The molecule has 0 bridgehead atoms. The molecular weight excluding hydrogens is 228 g/mol. The van der Waals surface area contributed by atoms with Gasteiger partial charge >= 0.3 is 6.03 Å². The predicted octanol–water partition coefficient (Wildman–Crippen LogP) is 3.18. The van der Waals surface area contributed by atoms with Crippen molar-refractivity contribution in [3.8, 4) is 5.75 Å². The summed E-state index contributed by atoms with van der Waals surface area (Å²) in [5.41, 5.74) is 1.84. The lowest BCUT2D eigenvalue weighted by atomic mass is 10.1. The summed E-state index contributed by atoms with van der Waals surface area (Å²) < 4.78 is 5.83. The molecule has 0 aliphatic carbocycles. The third-order valence-corrected chi connectivity index (χ3v) is 2.44. The molecule has 0 fully saturated rings. The van der Waals surface area contributed by atoms with E-state index in [0.29, 0.717) is 5.69 Å². The lowest BCUT2D eigenvalue weighted by Crippen LogP contribution is -2.25. The van der Waals surface area contributed by atoms with E-state index in [1.54, 1.807) is 7.05 Å². The molecule has 18 heavy (non-hydrogen) atoms. The molecule has 1 aromatic carbocycles. The first-order valence-electron chi connectivity index (χ1n) is 6.35. The van der Waals surface area contributed by atoms with Gasteiger partial charge in [-0.15, -0.1) is 0 Å². The van der Waals surface area contributed by atoms with E-state index in [1.807, 2.05) is 32.0 Å². The number of aryl methyl sites for hydroxylation is 1. The van der Waals surface area contributed by atoms with Crippen molar-refractivity contribution in [1.82, 2.24) is 5.32 Å². The molecule has 0 atom stereocenters. The van der Waals surface area contributed by atoms with Crippen LogP contribution in [0.4, 0.5) is 10.5 Å². The van der Waals surface area contributed by atoms with Gasteiger partial charge in [0.2, 0.25) is 0 Å². The third-order valence-electron chi connectivity index (χ3n) is 2.44. The van der Waals surface area contributed by atoms with E-state index < -0.39 is 0 Å². The Morgan fingerprint density at radius 2 is 2.11 bits per heavy atom. The molecule has 0 saturated heterocycles. The van der Waals surface area contributed by atoms with Gasteiger partial charge in [0, 0.05) is 7.05 Å². The summed E-state index contributed by atoms with van der Waals surface area (Å²) >= 11 is 0. The Balaban J connectivity index is 3.06. The van der Waals surface area contributed by atoms with E-state index in [1.165, 1.54) is 0 Å². The highest BCUT2D eigenvalue weighted by Crippen LogP contribution is 2.31. The summed E-state index contributed by atoms with van der Waals surface area (Å²) in [5, 5.41) is 5.33. The Morgan fingerprint density at radius 3 is 2.67 bits per heavy atom. The maximum absolute atomic E-state index is 11.4. The zero-order valence-corrected chi connectivity index (χ0v) is 11.5. The average Bonchev–Trinajstić information content (AvgIpc) is 2.32. The fourth-order valence-corrected chi connectivity index (χ4v) is 1.71. The van der Waals surface area contributed by atoms with Crippen LogP contribution in [0, 0.1) is 0 Å². The van der Waals surface area contributed by atoms with Crippen molar-refractivity contribution in [2.45, 2.75) is 39.7 Å². The number of anilines is 1. The number of benzene rings is 1. The summed E-state index contributed by atoms with van der Waals surface area (Å²) in [6, 6.07) is 5.59. The lowest BCUT2D eigenvalue weighted by molar-refractivity contribution is 0.240. The highest BCUT2D eigenvalue weighted by atomic mass is 16.5. The van der Waals surface area contributed by atoms with Crippen molar-refractivity contribution in [3.63, 3.8) is 0 Å². The molecular formula is C14H22N2O2. The maximum Gasteiger partial charge on any atom is 0.319 e. The van der Waals surface area contributed by atoms with Crippen LogP contribution in [0.3, 0.4) is 0 Å². The van der Waals surface area contributed by atoms with E-state index in [-0.39, 0.29) is 12.1 Å². The quantitative estimate of drug-likeness (QED) is 0.843. The van der Waals surface area contributed by atoms with Crippen LogP contribution >= 0.6 is 0 Å². The zero-order chi connectivity index (χ0) is 13.5. The molecule has 4 nitrogen and oxygen atoms in total. The first-order valence-corrected chi connectivity index (χ1v) is 6.35. The van der Waals surface area contributed by atoms with Crippen molar-refractivity contribution < 1.29 is 9.53 Å². The van der Waals surface area contributed by atoms with Gasteiger partial charge < -0.3 is 15.4 Å². The molecule has 2 amide bonds. The second-order valence-corrected chi connectivity index (χ2v) is 4.41. The standard InChI is InChI=1S/C14H22N2O2/c1-5-7-11-8-6-9-12(16-14(17)15-4)13(11)18-10(2)3/h6,8-10H,5,7H2,1-4H3,(H2,15,16,17). The number of hydrogen-bond donors (Lipinski definition) is 2. The molecule has 1 aromatic rings. The Kier molecular flexibility index (Phi) is 5.49. The van der Waals surface area contributed by atoms with Crippen LogP contribution in [0.5, 0.6) is 5.75 Å². The van der Waals surface area contributed by atoms with Crippen LogP contribution in [0.15, 0.2) is 18.2 Å². The molecule has 0 heterocycles. The number of hydrogen-bond acceptors (Lipinski definition) is 2. The minimum Gasteiger partial charge on any atom is -0.489 e. The topological polar surface area (TPSA) is 50.4 Å². The number of carbonyl (C=O) groups excluding carboxylic acids is 1. The molecule has 0 unspecified atom stereocenters. The van der Waals surface area contributed by atoms with E-state index in [4.69, 9.17) is 4.74 Å². The van der Waals surface area contributed by atoms with Crippen LogP contribution < -0.4 is 15.4 Å². The fourth-order valence-electron chi connectivity index (χ4n) is 1.71. The van der Waals surface area contributed by atoms with Gasteiger partial charge in [-0.05, 0) is 31.9 Å². The first kappa shape index (κ1) is 14.4. The monoisotopic (exact) mass is 250 g/mol. The lowest BCUT2D eigenvalue weighted by Gasteiger charge is -2.18. The first-order chi connectivity index (χ1) is 8.58. The smallest absolute Gasteiger partial charge is 0.319 e. The number of carbonyl (C=O) groups is 1. The number of rotatable bonds is 5. The van der Waals surface area contributed by atoms with Crippen LogP contribution in [0.25, 0.3) is 0 Å². The van der Waals surface area contributed by atoms with E-state index in [2.05, 4.69) is 17.6 Å². The Labute approximate surface area is 109 Å². The third kappa shape index (κ3) is 3.95. The minimum absolute atomic E-state index is 0.0771. The number of nitrogens with one attached hydrogen (secondary N) is 2. The van der Waals surface area contributed by atoms with Crippen LogP contribution in [-0.2, 0) is 6.42 Å². The van der Waals surface area contributed by atoms with Crippen molar-refractivity contribution in [3.05, 3.63) is 23.8 Å². The van der Waals surface area contributed by atoms with Gasteiger partial charge in [-0.25, -0.2) is 4.79 Å². The molecule has 2 N–H and O–H groups in total. The molecule has 0 aliphatic heterocycles. The van der Waals surface area contributed by atoms with E-state index in [0.717, 1.165) is 24.2 Å². The van der Waals surface area contributed by atoms with Gasteiger partial charge in [-0.3, -0.25) is 0 Å². The molecule has 0 aliphatic rings. The zero-order valence-electron chi connectivity index (χ0n) is 11.5. The highest BCUT2D eigenvalue weighted by Gasteiger charge is 2.12. The molecule has 0 saturated carbocycles. The number of amides is 2. The van der Waals surface area contributed by atoms with Gasteiger partial charge in [-0.1, -0.05) is 25.5 Å². The Morgan fingerprint density at radius 1 is 1.39 bits per heavy atom. The largest absolute Gasteiger partial charge is 0.489 e. The van der Waals surface area contributed by atoms with Crippen molar-refractivity contribution >= 4 is 11.7 Å². The normalized spacial score (nSPS) is 10.3. The molecule has 1 rings (SSSR count). The number of para-hydroxylation sites is 1. The van der Waals surface area contributed by atoms with Gasteiger partial charge in [0.25, 0.3) is 0 Å². The van der Waals surface area contributed by atoms with Crippen LogP contribution in [-0.4, -0.2) is 19.2 Å². The Bertz CT molecular complexity index is 403. The predicted molar refractivity (Wildman–Crippen MR) is 74.3 cm³/mol.